The minimum Gasteiger partial charge on any atom is -0.177 e. The first-order chi connectivity index (χ1) is 7.38. The van der Waals surface area contributed by atoms with E-state index in [1.165, 1.54) is 44.9 Å². The van der Waals surface area contributed by atoms with E-state index in [0.29, 0.717) is 5.92 Å². The van der Waals surface area contributed by atoms with Gasteiger partial charge in [-0.05, 0) is 12.8 Å². The molecular formula is C11H22N4. The van der Waals surface area contributed by atoms with Crippen LogP contribution < -0.4 is 0 Å². The van der Waals surface area contributed by atoms with Crippen molar-refractivity contribution in [3.8, 4) is 0 Å². The van der Waals surface area contributed by atoms with E-state index in [2.05, 4.69) is 34.5 Å². The topological polar surface area (TPSA) is 54.5 Å². The molecule has 0 aliphatic rings. The molecule has 1 aromatic heterocycles. The predicted molar refractivity (Wildman–Crippen MR) is 60.6 cm³/mol. The Morgan fingerprint density at radius 3 is 2.40 bits per heavy atom. The lowest BCUT2D eigenvalue weighted by Crippen LogP contribution is -2.02. The second-order valence-electron chi connectivity index (χ2n) is 4.10. The lowest BCUT2D eigenvalue weighted by molar-refractivity contribution is 0.495. The number of tetrazole rings is 1. The number of nitrogens with zero attached hydrogens (tertiary/aromatic N) is 3. The first kappa shape index (κ1) is 12.1. The molecule has 4 nitrogen and oxygen atoms in total. The van der Waals surface area contributed by atoms with Crippen LogP contribution in [0.25, 0.3) is 0 Å². The number of hydrogen-bond donors (Lipinski definition) is 1. The normalized spacial score (nSPS) is 12.9. The van der Waals surface area contributed by atoms with Crippen molar-refractivity contribution in [1.29, 1.82) is 0 Å². The van der Waals surface area contributed by atoms with Gasteiger partial charge in [0.2, 0.25) is 0 Å². The summed E-state index contributed by atoms with van der Waals surface area (Å²) in [7, 11) is 0. The summed E-state index contributed by atoms with van der Waals surface area (Å²) in [5.74, 6) is 1.41. The Hall–Kier alpha value is -0.930. The Morgan fingerprint density at radius 2 is 1.80 bits per heavy atom. The van der Waals surface area contributed by atoms with Gasteiger partial charge in [0.1, 0.15) is 0 Å². The fourth-order valence-corrected chi connectivity index (χ4v) is 1.84. The van der Waals surface area contributed by atoms with Gasteiger partial charge in [0.15, 0.2) is 5.82 Å². The van der Waals surface area contributed by atoms with E-state index in [-0.39, 0.29) is 0 Å². The van der Waals surface area contributed by atoms with Crippen LogP contribution >= 0.6 is 0 Å². The maximum absolute atomic E-state index is 4.10. The summed E-state index contributed by atoms with van der Waals surface area (Å²) < 4.78 is 0. The van der Waals surface area contributed by atoms with Crippen molar-refractivity contribution in [2.45, 2.75) is 64.7 Å². The number of aromatic nitrogens is 4. The van der Waals surface area contributed by atoms with Crippen LogP contribution in [0.2, 0.25) is 0 Å². The number of rotatable bonds is 8. The lowest BCUT2D eigenvalue weighted by atomic mass is 9.95. The highest BCUT2D eigenvalue weighted by Crippen LogP contribution is 2.24. The summed E-state index contributed by atoms with van der Waals surface area (Å²) >= 11 is 0. The standard InChI is InChI=1S/C11H22N4/c1-3-5-7-9-10(8-6-4-2)11-12-14-15-13-11/h10H,3-9H2,1-2H3,(H,12,13,14,15). The average Bonchev–Trinajstić information content (AvgIpc) is 2.76. The minimum absolute atomic E-state index is 0.509. The number of aromatic amines is 1. The summed E-state index contributed by atoms with van der Waals surface area (Å²) in [4.78, 5) is 0. The van der Waals surface area contributed by atoms with Crippen molar-refractivity contribution >= 4 is 0 Å². The lowest BCUT2D eigenvalue weighted by Gasteiger charge is -2.11. The van der Waals surface area contributed by atoms with E-state index in [4.69, 9.17) is 0 Å². The molecule has 0 aliphatic heterocycles. The molecule has 0 aromatic carbocycles. The summed E-state index contributed by atoms with van der Waals surface area (Å²) in [5, 5.41) is 14.4. The molecule has 0 fully saturated rings. The molecule has 0 amide bonds. The van der Waals surface area contributed by atoms with E-state index >= 15 is 0 Å². The zero-order valence-electron chi connectivity index (χ0n) is 9.87. The van der Waals surface area contributed by atoms with Crippen molar-refractivity contribution in [2.24, 2.45) is 0 Å². The van der Waals surface area contributed by atoms with Gasteiger partial charge in [0.05, 0.1) is 0 Å². The highest BCUT2D eigenvalue weighted by Gasteiger charge is 2.14. The van der Waals surface area contributed by atoms with Crippen LogP contribution in [0, 0.1) is 0 Å². The van der Waals surface area contributed by atoms with Crippen LogP contribution in [0.3, 0.4) is 0 Å². The molecule has 1 heterocycles. The molecule has 86 valence electrons. The van der Waals surface area contributed by atoms with Crippen LogP contribution in [0.1, 0.15) is 70.5 Å². The minimum atomic E-state index is 0.509. The summed E-state index contributed by atoms with van der Waals surface area (Å²) in [6.45, 7) is 4.45. The summed E-state index contributed by atoms with van der Waals surface area (Å²) in [5.41, 5.74) is 0. The van der Waals surface area contributed by atoms with Gasteiger partial charge in [0.25, 0.3) is 0 Å². The summed E-state index contributed by atoms with van der Waals surface area (Å²) in [6, 6.07) is 0. The fourth-order valence-electron chi connectivity index (χ4n) is 1.84. The van der Waals surface area contributed by atoms with Crippen LogP contribution in [0.5, 0.6) is 0 Å². The van der Waals surface area contributed by atoms with Gasteiger partial charge < -0.3 is 0 Å². The highest BCUT2D eigenvalue weighted by atomic mass is 15.5. The van der Waals surface area contributed by atoms with E-state index < -0.39 is 0 Å². The molecule has 0 aliphatic carbocycles. The van der Waals surface area contributed by atoms with Gasteiger partial charge in [-0.2, -0.15) is 5.21 Å². The van der Waals surface area contributed by atoms with E-state index in [1.807, 2.05) is 0 Å². The molecule has 0 radical (unpaired) electrons. The quantitative estimate of drug-likeness (QED) is 0.671. The number of hydrogen-bond acceptors (Lipinski definition) is 3. The molecular weight excluding hydrogens is 188 g/mol. The molecule has 0 saturated carbocycles. The Morgan fingerprint density at radius 1 is 1.07 bits per heavy atom. The van der Waals surface area contributed by atoms with Crippen LogP contribution in [-0.4, -0.2) is 20.6 Å². The van der Waals surface area contributed by atoms with Crippen molar-refractivity contribution in [3.63, 3.8) is 0 Å². The third kappa shape index (κ3) is 4.40. The van der Waals surface area contributed by atoms with Gasteiger partial charge in [-0.15, -0.1) is 10.2 Å². The summed E-state index contributed by atoms with van der Waals surface area (Å²) in [6.07, 6.45) is 8.74. The number of unbranched alkanes of at least 4 members (excludes halogenated alkanes) is 3. The van der Waals surface area contributed by atoms with Crippen molar-refractivity contribution in [3.05, 3.63) is 5.82 Å². The van der Waals surface area contributed by atoms with Gasteiger partial charge >= 0.3 is 0 Å². The zero-order valence-corrected chi connectivity index (χ0v) is 9.87. The Labute approximate surface area is 91.9 Å². The molecule has 0 saturated heterocycles. The van der Waals surface area contributed by atoms with E-state index in [0.717, 1.165) is 5.82 Å². The molecule has 4 heteroatoms. The van der Waals surface area contributed by atoms with E-state index in [1.54, 1.807) is 0 Å². The van der Waals surface area contributed by atoms with Crippen molar-refractivity contribution < 1.29 is 0 Å². The Kier molecular flexibility index (Phi) is 5.97. The maximum Gasteiger partial charge on any atom is 0.177 e. The molecule has 1 aromatic rings. The second-order valence-corrected chi connectivity index (χ2v) is 4.10. The number of nitrogens with one attached hydrogen (secondary N) is 1. The molecule has 0 spiro atoms. The van der Waals surface area contributed by atoms with Crippen LogP contribution in [-0.2, 0) is 0 Å². The van der Waals surface area contributed by atoms with Gasteiger partial charge in [-0.1, -0.05) is 51.2 Å². The van der Waals surface area contributed by atoms with Crippen molar-refractivity contribution in [2.75, 3.05) is 0 Å². The van der Waals surface area contributed by atoms with Crippen molar-refractivity contribution in [1.82, 2.24) is 20.6 Å². The molecule has 1 N–H and O–H groups in total. The third-order valence-electron chi connectivity index (χ3n) is 2.79. The fraction of sp³-hybridized carbons (Fsp3) is 0.909. The smallest absolute Gasteiger partial charge is 0.177 e. The van der Waals surface area contributed by atoms with Crippen LogP contribution in [0.15, 0.2) is 0 Å². The zero-order chi connectivity index (χ0) is 10.9. The molecule has 1 rings (SSSR count). The first-order valence-electron chi connectivity index (χ1n) is 6.11. The SMILES string of the molecule is CCCCCC(CCCC)c1nn[nH]n1. The predicted octanol–water partition coefficient (Wildman–Crippen LogP) is 3.05. The molecule has 0 bridgehead atoms. The number of H-pyrrole nitrogens is 1. The maximum atomic E-state index is 4.10. The molecule has 15 heavy (non-hydrogen) atoms. The third-order valence-corrected chi connectivity index (χ3v) is 2.79. The monoisotopic (exact) mass is 210 g/mol. The average molecular weight is 210 g/mol. The van der Waals surface area contributed by atoms with Gasteiger partial charge in [0, 0.05) is 5.92 Å². The highest BCUT2D eigenvalue weighted by molar-refractivity contribution is 4.90. The first-order valence-corrected chi connectivity index (χ1v) is 6.11. The molecule has 1 atom stereocenters. The Bertz CT molecular complexity index is 233. The van der Waals surface area contributed by atoms with E-state index in [9.17, 15) is 0 Å². The van der Waals surface area contributed by atoms with Gasteiger partial charge in [-0.25, -0.2) is 0 Å². The largest absolute Gasteiger partial charge is 0.177 e. The second kappa shape index (κ2) is 7.37. The van der Waals surface area contributed by atoms with Crippen LogP contribution in [0.4, 0.5) is 0 Å². The Balaban J connectivity index is 2.39. The molecule has 1 unspecified atom stereocenters. The van der Waals surface area contributed by atoms with Gasteiger partial charge in [-0.3, -0.25) is 0 Å².